The first-order valence-corrected chi connectivity index (χ1v) is 6.30. The quantitative estimate of drug-likeness (QED) is 0.911. The van der Waals surface area contributed by atoms with Gasteiger partial charge in [-0.1, -0.05) is 30.3 Å². The van der Waals surface area contributed by atoms with Crippen LogP contribution in [0.1, 0.15) is 22.3 Å². The second kappa shape index (κ2) is 4.65. The van der Waals surface area contributed by atoms with Gasteiger partial charge in [-0.15, -0.1) is 0 Å². The van der Waals surface area contributed by atoms with E-state index in [1.165, 1.54) is 19.2 Å². The lowest BCUT2D eigenvalue weighted by atomic mass is 9.93. The third-order valence-electron chi connectivity index (χ3n) is 3.48. The molecule has 0 saturated carbocycles. The highest BCUT2D eigenvalue weighted by Gasteiger charge is 2.42. The molecule has 0 bridgehead atoms. The summed E-state index contributed by atoms with van der Waals surface area (Å²) < 4.78 is 11.4. The number of methoxy groups -OCH3 is 1. The van der Waals surface area contributed by atoms with Crippen LogP contribution in [0.25, 0.3) is 0 Å². The first-order chi connectivity index (χ1) is 9.64. The number of ether oxygens (including phenoxy) is 2. The van der Waals surface area contributed by atoms with Gasteiger partial charge in [-0.2, -0.15) is 0 Å². The van der Waals surface area contributed by atoms with Gasteiger partial charge in [0.1, 0.15) is 11.5 Å². The monoisotopic (exact) mass is 270 g/mol. The van der Waals surface area contributed by atoms with Crippen molar-refractivity contribution < 1.29 is 19.4 Å². The van der Waals surface area contributed by atoms with E-state index in [0.29, 0.717) is 11.3 Å². The van der Waals surface area contributed by atoms with Crippen LogP contribution in [0.5, 0.6) is 11.5 Å². The van der Waals surface area contributed by atoms with Crippen molar-refractivity contribution in [3.8, 4) is 11.5 Å². The van der Waals surface area contributed by atoms with Crippen molar-refractivity contribution >= 4 is 5.78 Å². The Labute approximate surface area is 116 Å². The number of ketones is 1. The lowest BCUT2D eigenvalue weighted by Gasteiger charge is -2.36. The van der Waals surface area contributed by atoms with Crippen molar-refractivity contribution in [2.24, 2.45) is 0 Å². The fraction of sp³-hybridized carbons (Fsp3) is 0.188. The zero-order valence-electron chi connectivity index (χ0n) is 11.0. The topological polar surface area (TPSA) is 55.8 Å². The molecule has 0 radical (unpaired) electrons. The number of phenolic OH excluding ortho intramolecular Hbond substituents is 1. The van der Waals surface area contributed by atoms with Crippen LogP contribution in [0.15, 0.2) is 48.5 Å². The van der Waals surface area contributed by atoms with Crippen LogP contribution in [-0.2, 0) is 10.5 Å². The Morgan fingerprint density at radius 1 is 1.20 bits per heavy atom. The molecule has 3 rings (SSSR count). The largest absolute Gasteiger partial charge is 0.508 e. The lowest BCUT2D eigenvalue weighted by Crippen LogP contribution is -2.41. The third kappa shape index (κ3) is 1.94. The van der Waals surface area contributed by atoms with Gasteiger partial charge in [0, 0.05) is 18.7 Å². The van der Waals surface area contributed by atoms with Crippen molar-refractivity contribution in [2.45, 2.75) is 12.2 Å². The van der Waals surface area contributed by atoms with Crippen LogP contribution in [0.2, 0.25) is 0 Å². The maximum absolute atomic E-state index is 12.3. The summed E-state index contributed by atoms with van der Waals surface area (Å²) in [5, 5.41) is 9.56. The van der Waals surface area contributed by atoms with E-state index in [1.54, 1.807) is 6.07 Å². The normalized spacial score (nSPS) is 21.1. The molecule has 4 heteroatoms. The van der Waals surface area contributed by atoms with Crippen molar-refractivity contribution in [1.29, 1.82) is 0 Å². The zero-order chi connectivity index (χ0) is 14.2. The van der Waals surface area contributed by atoms with Crippen LogP contribution in [0, 0.1) is 0 Å². The Morgan fingerprint density at radius 2 is 1.95 bits per heavy atom. The fourth-order valence-electron chi connectivity index (χ4n) is 2.43. The van der Waals surface area contributed by atoms with E-state index < -0.39 is 5.79 Å². The minimum absolute atomic E-state index is 0.0523. The minimum atomic E-state index is -1.14. The SMILES string of the molecule is COC1(c2ccccc2)CC(=O)c2ccc(O)cc2O1. The average molecular weight is 270 g/mol. The van der Waals surface area contributed by atoms with E-state index in [-0.39, 0.29) is 18.0 Å². The molecule has 1 atom stereocenters. The van der Waals surface area contributed by atoms with Gasteiger partial charge >= 0.3 is 0 Å². The summed E-state index contributed by atoms with van der Waals surface area (Å²) in [6, 6.07) is 13.8. The number of fused-ring (bicyclic) bond motifs is 1. The molecule has 4 nitrogen and oxygen atoms in total. The van der Waals surface area contributed by atoms with Crippen molar-refractivity contribution in [1.82, 2.24) is 0 Å². The van der Waals surface area contributed by atoms with E-state index in [0.717, 1.165) is 5.56 Å². The van der Waals surface area contributed by atoms with E-state index in [1.807, 2.05) is 30.3 Å². The molecule has 2 aromatic carbocycles. The van der Waals surface area contributed by atoms with E-state index >= 15 is 0 Å². The van der Waals surface area contributed by atoms with Gasteiger partial charge in [0.25, 0.3) is 0 Å². The molecule has 1 unspecified atom stereocenters. The summed E-state index contributed by atoms with van der Waals surface area (Å²) >= 11 is 0. The molecule has 102 valence electrons. The smallest absolute Gasteiger partial charge is 0.244 e. The standard InChI is InChI=1S/C16H14O4/c1-19-16(11-5-3-2-4-6-11)10-14(18)13-8-7-12(17)9-15(13)20-16/h2-9,17H,10H2,1H3. The molecule has 0 saturated heterocycles. The number of rotatable bonds is 2. The Kier molecular flexibility index (Phi) is 2.95. The third-order valence-corrected chi connectivity index (χ3v) is 3.48. The van der Waals surface area contributed by atoms with E-state index in [2.05, 4.69) is 0 Å². The minimum Gasteiger partial charge on any atom is -0.508 e. The zero-order valence-corrected chi connectivity index (χ0v) is 11.0. The molecule has 0 aliphatic carbocycles. The Hall–Kier alpha value is -2.33. The Balaban J connectivity index is 2.10. The molecular formula is C16H14O4. The number of aromatic hydroxyl groups is 1. The van der Waals surface area contributed by atoms with E-state index in [9.17, 15) is 9.90 Å². The van der Waals surface area contributed by atoms with Crippen LogP contribution >= 0.6 is 0 Å². The van der Waals surface area contributed by atoms with Gasteiger partial charge in [0.2, 0.25) is 5.79 Å². The second-order valence-electron chi connectivity index (χ2n) is 4.71. The summed E-state index contributed by atoms with van der Waals surface area (Å²) in [5.74, 6) is -0.820. The van der Waals surface area contributed by atoms with Crippen LogP contribution in [-0.4, -0.2) is 18.0 Å². The van der Waals surface area contributed by atoms with Gasteiger partial charge in [-0.25, -0.2) is 0 Å². The number of carbonyl (C=O) groups excluding carboxylic acids is 1. The van der Waals surface area contributed by atoms with Crippen molar-refractivity contribution in [2.75, 3.05) is 7.11 Å². The first-order valence-electron chi connectivity index (χ1n) is 6.30. The first kappa shape index (κ1) is 12.7. The number of benzene rings is 2. The lowest BCUT2D eigenvalue weighted by molar-refractivity contribution is -0.173. The number of carbonyl (C=O) groups is 1. The van der Waals surface area contributed by atoms with Gasteiger partial charge in [0.05, 0.1) is 12.0 Å². The van der Waals surface area contributed by atoms with Crippen molar-refractivity contribution in [3.63, 3.8) is 0 Å². The van der Waals surface area contributed by atoms with E-state index in [4.69, 9.17) is 9.47 Å². The van der Waals surface area contributed by atoms with Crippen molar-refractivity contribution in [3.05, 3.63) is 59.7 Å². The molecule has 1 aliphatic heterocycles. The highest BCUT2D eigenvalue weighted by atomic mass is 16.7. The summed E-state index contributed by atoms with van der Waals surface area (Å²) in [5.41, 5.74) is 1.23. The number of hydrogen-bond donors (Lipinski definition) is 1. The van der Waals surface area contributed by atoms with Gasteiger partial charge in [0.15, 0.2) is 5.78 Å². The maximum Gasteiger partial charge on any atom is 0.244 e. The molecule has 2 aromatic rings. The average Bonchev–Trinajstić information content (AvgIpc) is 2.47. The fourth-order valence-corrected chi connectivity index (χ4v) is 2.43. The Bertz CT molecular complexity index is 651. The van der Waals surface area contributed by atoms with Gasteiger partial charge in [-0.3, -0.25) is 4.79 Å². The highest BCUT2D eigenvalue weighted by Crippen LogP contribution is 2.41. The number of hydrogen-bond acceptors (Lipinski definition) is 4. The molecule has 0 fully saturated rings. The van der Waals surface area contributed by atoms with Crippen LogP contribution in [0.3, 0.4) is 0 Å². The molecule has 0 spiro atoms. The molecule has 20 heavy (non-hydrogen) atoms. The predicted octanol–water partition coefficient (Wildman–Crippen LogP) is 2.86. The predicted molar refractivity (Wildman–Crippen MR) is 72.8 cm³/mol. The number of Topliss-reactive ketones (excluding diaryl/α,β-unsaturated/α-hetero) is 1. The molecule has 1 N–H and O–H groups in total. The highest BCUT2D eigenvalue weighted by molar-refractivity contribution is 6.00. The molecule has 0 amide bonds. The summed E-state index contributed by atoms with van der Waals surface area (Å²) in [6.07, 6.45) is 0.102. The summed E-state index contributed by atoms with van der Waals surface area (Å²) in [4.78, 5) is 12.3. The second-order valence-corrected chi connectivity index (χ2v) is 4.71. The molecular weight excluding hydrogens is 256 g/mol. The molecule has 0 aromatic heterocycles. The summed E-state index contributed by atoms with van der Waals surface area (Å²) in [6.45, 7) is 0. The van der Waals surface area contributed by atoms with Crippen LogP contribution in [0.4, 0.5) is 0 Å². The van der Waals surface area contributed by atoms with Gasteiger partial charge < -0.3 is 14.6 Å². The maximum atomic E-state index is 12.3. The Morgan fingerprint density at radius 3 is 2.65 bits per heavy atom. The molecule has 1 aliphatic rings. The van der Waals surface area contributed by atoms with Gasteiger partial charge in [-0.05, 0) is 12.1 Å². The number of phenols is 1. The summed E-state index contributed by atoms with van der Waals surface area (Å²) in [7, 11) is 1.51. The van der Waals surface area contributed by atoms with Crippen LogP contribution < -0.4 is 4.74 Å². The molecule has 1 heterocycles.